The van der Waals surface area contributed by atoms with Crippen molar-refractivity contribution in [3.63, 3.8) is 0 Å². The molecule has 1 amide bonds. The number of methoxy groups -OCH3 is 1. The van der Waals surface area contributed by atoms with Crippen LogP contribution in [0.3, 0.4) is 0 Å². The fourth-order valence-corrected chi connectivity index (χ4v) is 3.77. The largest absolute Gasteiger partial charge is 0.507 e. The van der Waals surface area contributed by atoms with E-state index in [4.69, 9.17) is 21.1 Å². The zero-order valence-electron chi connectivity index (χ0n) is 17.3. The van der Waals surface area contributed by atoms with Crippen molar-refractivity contribution in [3.8, 4) is 11.5 Å². The van der Waals surface area contributed by atoms with Crippen LogP contribution in [-0.4, -0.2) is 41.3 Å². The van der Waals surface area contributed by atoms with Crippen LogP contribution in [-0.2, 0) is 14.4 Å². The van der Waals surface area contributed by atoms with E-state index in [1.807, 2.05) is 6.92 Å². The summed E-state index contributed by atoms with van der Waals surface area (Å²) in [5, 5.41) is 11.4. The van der Waals surface area contributed by atoms with Crippen molar-refractivity contribution in [2.24, 2.45) is 0 Å². The van der Waals surface area contributed by atoms with Crippen LogP contribution in [0.15, 0.2) is 48.0 Å². The lowest BCUT2D eigenvalue weighted by Crippen LogP contribution is -2.30. The van der Waals surface area contributed by atoms with Crippen LogP contribution in [0, 0.1) is 0 Å². The smallest absolute Gasteiger partial charge is 0.308 e. The van der Waals surface area contributed by atoms with Gasteiger partial charge in [0.15, 0.2) is 0 Å². The maximum atomic E-state index is 12.9. The lowest BCUT2D eigenvalue weighted by molar-refractivity contribution is -0.139. The Bertz CT molecular complexity index is 1080. The molecule has 1 fully saturated rings. The van der Waals surface area contributed by atoms with E-state index < -0.39 is 23.7 Å². The highest BCUT2D eigenvalue weighted by atomic mass is 35.5. The van der Waals surface area contributed by atoms with Gasteiger partial charge in [-0.05, 0) is 42.3 Å². The molecule has 31 heavy (non-hydrogen) atoms. The van der Waals surface area contributed by atoms with Gasteiger partial charge in [-0.3, -0.25) is 14.4 Å². The van der Waals surface area contributed by atoms with Gasteiger partial charge in [-0.15, -0.1) is 0 Å². The minimum absolute atomic E-state index is 0.0530. The first kappa shape index (κ1) is 22.4. The van der Waals surface area contributed by atoms with Gasteiger partial charge in [0.05, 0.1) is 23.7 Å². The fraction of sp³-hybridized carbons (Fsp3) is 0.261. The molecule has 8 heteroatoms. The predicted molar refractivity (Wildman–Crippen MR) is 115 cm³/mol. The first-order valence-electron chi connectivity index (χ1n) is 9.69. The number of hydrogen-bond acceptors (Lipinski definition) is 6. The third kappa shape index (κ3) is 4.41. The highest BCUT2D eigenvalue weighted by Crippen LogP contribution is 2.41. The average Bonchev–Trinajstić information content (AvgIpc) is 2.98. The fourth-order valence-electron chi connectivity index (χ4n) is 3.57. The Kier molecular flexibility index (Phi) is 6.65. The van der Waals surface area contributed by atoms with Crippen LogP contribution in [0.25, 0.3) is 5.76 Å². The number of hydrogen-bond donors (Lipinski definition) is 1. The number of halogens is 1. The van der Waals surface area contributed by atoms with E-state index in [2.05, 4.69) is 0 Å². The number of esters is 1. The summed E-state index contributed by atoms with van der Waals surface area (Å²) in [6.07, 6.45) is 0.613. The van der Waals surface area contributed by atoms with Gasteiger partial charge in [-0.2, -0.15) is 0 Å². The maximum absolute atomic E-state index is 12.9. The Labute approximate surface area is 184 Å². The van der Waals surface area contributed by atoms with Crippen LogP contribution in [0.5, 0.6) is 11.5 Å². The van der Waals surface area contributed by atoms with Crippen LogP contribution in [0.2, 0.25) is 5.02 Å². The number of aliphatic hydroxyl groups excluding tert-OH is 1. The van der Waals surface area contributed by atoms with Crippen molar-refractivity contribution in [1.29, 1.82) is 0 Å². The summed E-state index contributed by atoms with van der Waals surface area (Å²) in [5.74, 6) is -1.72. The molecule has 0 saturated carbocycles. The molecule has 3 rings (SSSR count). The molecule has 162 valence electrons. The third-order valence-electron chi connectivity index (χ3n) is 4.86. The van der Waals surface area contributed by atoms with Gasteiger partial charge in [0.1, 0.15) is 17.3 Å². The average molecular weight is 444 g/mol. The van der Waals surface area contributed by atoms with Crippen molar-refractivity contribution in [2.45, 2.75) is 26.3 Å². The number of ether oxygens (including phenoxy) is 2. The van der Waals surface area contributed by atoms with Gasteiger partial charge < -0.3 is 19.5 Å². The van der Waals surface area contributed by atoms with Gasteiger partial charge in [0, 0.05) is 19.0 Å². The molecule has 1 aliphatic rings. The van der Waals surface area contributed by atoms with Crippen molar-refractivity contribution in [2.75, 3.05) is 13.7 Å². The quantitative estimate of drug-likeness (QED) is 0.237. The highest BCUT2D eigenvalue weighted by Gasteiger charge is 2.45. The lowest BCUT2D eigenvalue weighted by atomic mass is 9.95. The first-order chi connectivity index (χ1) is 14.8. The molecule has 1 heterocycles. The molecule has 1 saturated heterocycles. The summed E-state index contributed by atoms with van der Waals surface area (Å²) in [7, 11) is 1.44. The van der Waals surface area contributed by atoms with Crippen molar-refractivity contribution >= 4 is 35.0 Å². The maximum Gasteiger partial charge on any atom is 0.308 e. The number of aliphatic hydroxyl groups is 1. The van der Waals surface area contributed by atoms with Crippen molar-refractivity contribution < 1.29 is 29.0 Å². The second-order valence-electron chi connectivity index (χ2n) is 7.01. The Morgan fingerprint density at radius 3 is 2.58 bits per heavy atom. The minimum atomic E-state index is -0.836. The monoisotopic (exact) mass is 443 g/mol. The second kappa shape index (κ2) is 9.22. The Hall–Kier alpha value is -3.32. The Morgan fingerprint density at radius 2 is 1.94 bits per heavy atom. The number of ketones is 1. The molecule has 1 N–H and O–H groups in total. The van der Waals surface area contributed by atoms with Gasteiger partial charge in [-0.25, -0.2) is 0 Å². The van der Waals surface area contributed by atoms with E-state index in [1.165, 1.54) is 31.1 Å². The third-order valence-corrected chi connectivity index (χ3v) is 5.18. The predicted octanol–water partition coefficient (Wildman–Crippen LogP) is 4.11. The summed E-state index contributed by atoms with van der Waals surface area (Å²) < 4.78 is 10.3. The Balaban J connectivity index is 2.19. The molecule has 7 nitrogen and oxygen atoms in total. The molecule has 0 aliphatic carbocycles. The number of Topliss-reactive ketones (excluding diaryl/α,β-unsaturated/α-hetero) is 1. The topological polar surface area (TPSA) is 93.1 Å². The van der Waals surface area contributed by atoms with E-state index in [-0.39, 0.29) is 22.6 Å². The van der Waals surface area contributed by atoms with Gasteiger partial charge in [0.25, 0.3) is 11.7 Å². The van der Waals surface area contributed by atoms with Crippen LogP contribution in [0.4, 0.5) is 0 Å². The molecule has 1 unspecified atom stereocenters. The van der Waals surface area contributed by atoms with E-state index >= 15 is 0 Å². The second-order valence-corrected chi connectivity index (χ2v) is 7.42. The van der Waals surface area contributed by atoms with E-state index in [9.17, 15) is 19.5 Å². The summed E-state index contributed by atoms with van der Waals surface area (Å²) in [6, 6.07) is 10.3. The van der Waals surface area contributed by atoms with Gasteiger partial charge >= 0.3 is 5.97 Å². The molecule has 0 radical (unpaired) electrons. The van der Waals surface area contributed by atoms with Crippen molar-refractivity contribution in [1.82, 2.24) is 4.90 Å². The van der Waals surface area contributed by atoms with Crippen molar-refractivity contribution in [3.05, 3.63) is 64.2 Å². The number of likely N-dealkylation sites (tertiary alicyclic amines) is 1. The molecular formula is C23H22ClNO6. The zero-order valence-corrected chi connectivity index (χ0v) is 18.1. The molecule has 0 spiro atoms. The van der Waals surface area contributed by atoms with E-state index in [0.29, 0.717) is 29.3 Å². The number of rotatable bonds is 6. The molecule has 2 aromatic rings. The lowest BCUT2D eigenvalue weighted by Gasteiger charge is -2.25. The molecular weight excluding hydrogens is 422 g/mol. The molecule has 2 aromatic carbocycles. The number of carbonyl (C=O) groups is 3. The number of benzene rings is 2. The number of nitrogens with zero attached hydrogens (tertiary/aromatic N) is 1. The van der Waals surface area contributed by atoms with Crippen LogP contribution in [0.1, 0.15) is 37.4 Å². The first-order valence-corrected chi connectivity index (χ1v) is 10.1. The zero-order chi connectivity index (χ0) is 22.7. The van der Waals surface area contributed by atoms with Gasteiger partial charge in [0.2, 0.25) is 0 Å². The van der Waals surface area contributed by atoms with Crippen LogP contribution >= 0.6 is 11.6 Å². The Morgan fingerprint density at radius 1 is 1.19 bits per heavy atom. The van der Waals surface area contributed by atoms with Gasteiger partial charge in [-0.1, -0.05) is 30.7 Å². The van der Waals surface area contributed by atoms with E-state index in [1.54, 1.807) is 30.3 Å². The standard InChI is InChI=1S/C23H22ClNO6/c1-4-10-25-20(14-6-5-7-16(11-14)31-13(2)26)19(22(28)23(25)29)21(27)15-8-9-17(24)18(12-15)30-3/h5-9,11-12,20,27H,4,10H2,1-3H3/b21-19-. The summed E-state index contributed by atoms with van der Waals surface area (Å²) in [4.78, 5) is 38.4. The summed E-state index contributed by atoms with van der Waals surface area (Å²) >= 11 is 6.07. The number of carbonyl (C=O) groups excluding carboxylic acids is 3. The van der Waals surface area contributed by atoms with E-state index in [0.717, 1.165) is 0 Å². The normalized spacial score (nSPS) is 17.7. The summed E-state index contributed by atoms with van der Waals surface area (Å²) in [6.45, 7) is 3.48. The molecule has 0 aromatic heterocycles. The molecule has 0 bridgehead atoms. The minimum Gasteiger partial charge on any atom is -0.507 e. The summed E-state index contributed by atoms with van der Waals surface area (Å²) in [5.41, 5.74) is 0.772. The molecule has 1 aliphatic heterocycles. The highest BCUT2D eigenvalue weighted by molar-refractivity contribution is 6.46. The van der Waals surface area contributed by atoms with Crippen LogP contribution < -0.4 is 9.47 Å². The molecule has 1 atom stereocenters. The SMILES string of the molecule is CCCN1C(=O)C(=O)/C(=C(\O)c2ccc(Cl)c(OC)c2)C1c1cccc(OC(C)=O)c1. The number of amides is 1.